The molecule has 170 valence electrons. The summed E-state index contributed by atoms with van der Waals surface area (Å²) in [5, 5.41) is 2.44. The maximum atomic E-state index is 5.16. The Hall–Kier alpha value is -0.560. The monoisotopic (exact) mass is 450 g/mol. The van der Waals surface area contributed by atoms with Gasteiger partial charge in [-0.3, -0.25) is 19.8 Å². The normalized spacial score (nSPS) is 24.7. The second kappa shape index (κ2) is 9.13. The van der Waals surface area contributed by atoms with Crippen molar-refractivity contribution in [3.05, 3.63) is 25.3 Å². The van der Waals surface area contributed by atoms with E-state index < -0.39 is 0 Å². The van der Waals surface area contributed by atoms with Crippen molar-refractivity contribution >= 4 is 33.6 Å². The van der Waals surface area contributed by atoms with E-state index in [1.54, 1.807) is 0 Å². The first kappa shape index (κ1) is 25.7. The zero-order valence-corrected chi connectivity index (χ0v) is 22.2. The Labute approximate surface area is 193 Å². The molecular weight excluding hydrogens is 408 g/mol. The molecule has 30 heavy (non-hydrogen) atoms. The first-order valence-corrected chi connectivity index (χ1v) is 12.8. The highest BCUT2D eigenvalue weighted by molar-refractivity contribution is 8.30. The van der Waals surface area contributed by atoms with Crippen molar-refractivity contribution in [2.75, 3.05) is 13.1 Å². The van der Waals surface area contributed by atoms with Gasteiger partial charge in [-0.25, -0.2) is 0 Å². The SMILES string of the molecule is C=CCN1C(C)(C)N=C(SC(CCC)SC2=NC(C)(C)N(CC=C)C2(C)C)C1(C)C. The molecule has 0 bridgehead atoms. The van der Waals surface area contributed by atoms with Crippen molar-refractivity contribution < 1.29 is 0 Å². The second-order valence-corrected chi connectivity index (χ2v) is 12.9. The minimum absolute atomic E-state index is 0.101. The fourth-order valence-electron chi connectivity index (χ4n) is 4.62. The molecular formula is C24H42N4S2. The summed E-state index contributed by atoms with van der Waals surface area (Å²) in [4.78, 5) is 15.2. The third-order valence-electron chi connectivity index (χ3n) is 6.10. The summed E-state index contributed by atoms with van der Waals surface area (Å²) >= 11 is 3.87. The zero-order chi connectivity index (χ0) is 23.0. The molecule has 0 aliphatic carbocycles. The van der Waals surface area contributed by atoms with E-state index in [0.717, 1.165) is 25.9 Å². The molecule has 0 saturated heterocycles. The van der Waals surface area contributed by atoms with Crippen LogP contribution in [0.15, 0.2) is 35.3 Å². The van der Waals surface area contributed by atoms with Crippen molar-refractivity contribution in [2.24, 2.45) is 9.98 Å². The molecule has 2 heterocycles. The van der Waals surface area contributed by atoms with Gasteiger partial charge in [0.05, 0.1) is 25.7 Å². The fourth-order valence-corrected chi connectivity index (χ4v) is 7.91. The molecule has 0 N–H and O–H groups in total. The van der Waals surface area contributed by atoms with Gasteiger partial charge in [0.2, 0.25) is 0 Å². The molecule has 2 aliphatic rings. The van der Waals surface area contributed by atoms with Gasteiger partial charge in [0.15, 0.2) is 0 Å². The lowest BCUT2D eigenvalue weighted by atomic mass is 10.0. The lowest BCUT2D eigenvalue weighted by molar-refractivity contribution is 0.101. The van der Waals surface area contributed by atoms with Gasteiger partial charge in [0.25, 0.3) is 0 Å². The van der Waals surface area contributed by atoms with Crippen LogP contribution in [0, 0.1) is 0 Å². The predicted octanol–water partition coefficient (Wildman–Crippen LogP) is 6.41. The highest BCUT2D eigenvalue weighted by Crippen LogP contribution is 2.46. The van der Waals surface area contributed by atoms with Crippen LogP contribution >= 0.6 is 23.5 Å². The summed E-state index contributed by atoms with van der Waals surface area (Å²) in [7, 11) is 0. The quantitative estimate of drug-likeness (QED) is 0.316. The Kier molecular flexibility index (Phi) is 7.82. The number of hydrogen-bond acceptors (Lipinski definition) is 6. The number of nitrogens with zero attached hydrogens (tertiary/aromatic N) is 4. The fraction of sp³-hybridized carbons (Fsp3) is 0.750. The molecule has 0 amide bonds. The molecule has 6 heteroatoms. The predicted molar refractivity (Wildman–Crippen MR) is 139 cm³/mol. The molecule has 0 atom stereocenters. The summed E-state index contributed by atoms with van der Waals surface area (Å²) < 4.78 is 0.394. The third kappa shape index (κ3) is 4.92. The summed E-state index contributed by atoms with van der Waals surface area (Å²) in [6, 6.07) is 0. The Bertz CT molecular complexity index is 661. The van der Waals surface area contributed by atoms with E-state index in [4.69, 9.17) is 9.98 Å². The molecule has 0 saturated carbocycles. The topological polar surface area (TPSA) is 31.2 Å². The molecule has 0 aromatic heterocycles. The molecule has 2 aliphatic heterocycles. The maximum Gasteiger partial charge on any atom is 0.109 e. The van der Waals surface area contributed by atoms with Crippen LogP contribution in [-0.2, 0) is 0 Å². The van der Waals surface area contributed by atoms with E-state index in [9.17, 15) is 0 Å². The van der Waals surface area contributed by atoms with Gasteiger partial charge >= 0.3 is 0 Å². The molecule has 0 aromatic rings. The standard InChI is InChI=1S/C24H42N4S2/c1-12-15-18(29-19-21(4,5)27(16-13-2)23(8,9)25-19)30-20-22(6,7)28(17-14-3)24(10,11)26-20/h13-14,18H,2-3,12,15-17H2,1,4-11H3. The van der Waals surface area contributed by atoms with Gasteiger partial charge in [0.1, 0.15) is 11.3 Å². The van der Waals surface area contributed by atoms with E-state index >= 15 is 0 Å². The zero-order valence-electron chi connectivity index (χ0n) is 20.6. The van der Waals surface area contributed by atoms with Crippen LogP contribution in [0.3, 0.4) is 0 Å². The average molecular weight is 451 g/mol. The molecule has 4 nitrogen and oxygen atoms in total. The summed E-state index contributed by atoms with van der Waals surface area (Å²) in [6.07, 6.45) is 6.24. The van der Waals surface area contributed by atoms with Crippen molar-refractivity contribution in [2.45, 2.75) is 102 Å². The Morgan fingerprint density at radius 3 is 1.47 bits per heavy atom. The first-order valence-electron chi connectivity index (χ1n) is 11.0. The van der Waals surface area contributed by atoms with Crippen molar-refractivity contribution in [1.82, 2.24) is 9.80 Å². The van der Waals surface area contributed by atoms with Gasteiger partial charge in [-0.05, 0) is 61.8 Å². The van der Waals surface area contributed by atoms with Gasteiger partial charge in [-0.1, -0.05) is 49.0 Å². The molecule has 2 rings (SSSR count). The van der Waals surface area contributed by atoms with Crippen LogP contribution < -0.4 is 0 Å². The van der Waals surface area contributed by atoms with E-state index in [0.29, 0.717) is 4.58 Å². The summed E-state index contributed by atoms with van der Waals surface area (Å²) in [6.45, 7) is 29.8. The highest BCUT2D eigenvalue weighted by atomic mass is 32.2. The molecule has 0 fully saturated rings. The van der Waals surface area contributed by atoms with Crippen LogP contribution in [0.5, 0.6) is 0 Å². The van der Waals surface area contributed by atoms with Crippen LogP contribution in [0.2, 0.25) is 0 Å². The minimum Gasteiger partial charge on any atom is -0.265 e. The smallest absolute Gasteiger partial charge is 0.109 e. The third-order valence-corrected chi connectivity index (χ3v) is 9.30. The molecule has 0 unspecified atom stereocenters. The average Bonchev–Trinajstić information content (AvgIpc) is 2.88. The minimum atomic E-state index is -0.214. The van der Waals surface area contributed by atoms with Gasteiger partial charge < -0.3 is 0 Å². The number of rotatable bonds is 8. The second-order valence-electron chi connectivity index (χ2n) is 10.2. The first-order chi connectivity index (χ1) is 13.7. The Balaban J connectivity index is 2.27. The van der Waals surface area contributed by atoms with Crippen molar-refractivity contribution in [3.63, 3.8) is 0 Å². The number of thioether (sulfide) groups is 2. The molecule has 0 aromatic carbocycles. The van der Waals surface area contributed by atoms with Crippen LogP contribution in [0.1, 0.15) is 75.2 Å². The summed E-state index contributed by atoms with van der Waals surface area (Å²) in [5.74, 6) is 0. The van der Waals surface area contributed by atoms with Crippen molar-refractivity contribution in [3.8, 4) is 0 Å². The highest BCUT2D eigenvalue weighted by Gasteiger charge is 2.49. The van der Waals surface area contributed by atoms with Crippen LogP contribution in [-0.4, -0.2) is 60.0 Å². The lowest BCUT2D eigenvalue weighted by Gasteiger charge is -2.39. The maximum absolute atomic E-state index is 5.16. The largest absolute Gasteiger partial charge is 0.265 e. The van der Waals surface area contributed by atoms with Crippen LogP contribution in [0.4, 0.5) is 0 Å². The lowest BCUT2D eigenvalue weighted by Crippen LogP contribution is -2.52. The van der Waals surface area contributed by atoms with Gasteiger partial charge in [-0.15, -0.1) is 13.2 Å². The van der Waals surface area contributed by atoms with Crippen LogP contribution in [0.25, 0.3) is 0 Å². The van der Waals surface area contributed by atoms with Gasteiger partial charge in [-0.2, -0.15) is 0 Å². The summed E-state index contributed by atoms with van der Waals surface area (Å²) in [5.41, 5.74) is -0.630. The van der Waals surface area contributed by atoms with Crippen molar-refractivity contribution in [1.29, 1.82) is 0 Å². The van der Waals surface area contributed by atoms with E-state index in [2.05, 4.69) is 85.3 Å². The molecule has 0 radical (unpaired) electrons. The van der Waals surface area contributed by atoms with E-state index in [-0.39, 0.29) is 22.4 Å². The number of aliphatic imine (C=N–C) groups is 2. The van der Waals surface area contributed by atoms with E-state index in [1.807, 2.05) is 35.7 Å². The Morgan fingerprint density at radius 2 is 1.17 bits per heavy atom. The Morgan fingerprint density at radius 1 is 0.800 bits per heavy atom. The van der Waals surface area contributed by atoms with E-state index in [1.165, 1.54) is 10.1 Å². The number of hydrogen-bond donors (Lipinski definition) is 0. The molecule has 0 spiro atoms. The van der Waals surface area contributed by atoms with Gasteiger partial charge in [0, 0.05) is 13.1 Å².